The lowest BCUT2D eigenvalue weighted by atomic mass is 9.94. The molecule has 214 valence electrons. The van der Waals surface area contributed by atoms with Gasteiger partial charge in [-0.3, -0.25) is 0 Å². The van der Waals surface area contributed by atoms with Crippen molar-refractivity contribution in [3.8, 4) is 39.1 Å². The van der Waals surface area contributed by atoms with Crippen molar-refractivity contribution < 1.29 is 0 Å². The molecular weight excluding hydrogens is 563 g/mol. The summed E-state index contributed by atoms with van der Waals surface area (Å²) in [7, 11) is 0. The van der Waals surface area contributed by atoms with Gasteiger partial charge in [-0.25, -0.2) is 0 Å². The van der Waals surface area contributed by atoms with Crippen LogP contribution < -0.4 is 0 Å². The van der Waals surface area contributed by atoms with Gasteiger partial charge in [0.2, 0.25) is 0 Å². The number of nitrogens with zero attached hydrogens (tertiary/aromatic N) is 1. The highest BCUT2D eigenvalue weighted by Crippen LogP contribution is 2.43. The standard InChI is InChI=1S/C43H31NS/c1-28-10-7-18-37-39-27-35(21-23-42(39)45-43(28)37)44-40-19-6-5-17-36(40)38-26-34(20-22-41(38)44)33-16-9-15-32(25-33)31-14-8-13-30(24-31)29-11-3-2-4-12-29/h2-9,11-28H,10H2,1H3. The van der Waals surface area contributed by atoms with Gasteiger partial charge >= 0.3 is 0 Å². The van der Waals surface area contributed by atoms with Gasteiger partial charge in [0.05, 0.1) is 11.0 Å². The van der Waals surface area contributed by atoms with Gasteiger partial charge in [-0.1, -0.05) is 110 Å². The predicted molar refractivity (Wildman–Crippen MR) is 195 cm³/mol. The first-order chi connectivity index (χ1) is 22.2. The number of thiophene rings is 1. The molecule has 0 aliphatic heterocycles. The lowest BCUT2D eigenvalue weighted by molar-refractivity contribution is 0.791. The van der Waals surface area contributed by atoms with Crippen LogP contribution in [0.5, 0.6) is 0 Å². The van der Waals surface area contributed by atoms with Crippen LogP contribution in [0.2, 0.25) is 0 Å². The molecule has 9 rings (SSSR count). The maximum atomic E-state index is 2.44. The molecule has 1 atom stereocenters. The number of rotatable bonds is 4. The van der Waals surface area contributed by atoms with Crippen LogP contribution >= 0.6 is 11.3 Å². The molecule has 1 nitrogen and oxygen atoms in total. The smallest absolute Gasteiger partial charge is 0.0541 e. The maximum absolute atomic E-state index is 2.44. The van der Waals surface area contributed by atoms with E-state index in [-0.39, 0.29) is 0 Å². The summed E-state index contributed by atoms with van der Waals surface area (Å²) < 4.78 is 3.82. The molecule has 2 heterocycles. The summed E-state index contributed by atoms with van der Waals surface area (Å²) in [5.74, 6) is 0.587. The molecule has 1 unspecified atom stereocenters. The van der Waals surface area contributed by atoms with Gasteiger partial charge < -0.3 is 4.57 Å². The van der Waals surface area contributed by atoms with Gasteiger partial charge in [0.15, 0.2) is 0 Å². The predicted octanol–water partition coefficient (Wildman–Crippen LogP) is 12.5. The Hall–Kier alpha value is -5.18. The molecule has 1 aliphatic rings. The molecule has 0 bridgehead atoms. The molecule has 0 fully saturated rings. The largest absolute Gasteiger partial charge is 0.309 e. The third kappa shape index (κ3) is 4.36. The van der Waals surface area contributed by atoms with E-state index in [0.717, 1.165) is 6.42 Å². The molecule has 0 spiro atoms. The Bertz CT molecular complexity index is 2420. The Balaban J connectivity index is 1.16. The first kappa shape index (κ1) is 26.2. The van der Waals surface area contributed by atoms with E-state index >= 15 is 0 Å². The number of aromatic nitrogens is 1. The number of hydrogen-bond donors (Lipinski definition) is 0. The number of allylic oxidation sites excluding steroid dienone is 1. The van der Waals surface area contributed by atoms with Crippen molar-refractivity contribution in [1.82, 2.24) is 4.57 Å². The molecule has 6 aromatic carbocycles. The summed E-state index contributed by atoms with van der Waals surface area (Å²) in [4.78, 5) is 1.52. The highest BCUT2D eigenvalue weighted by molar-refractivity contribution is 7.19. The number of para-hydroxylation sites is 1. The zero-order valence-electron chi connectivity index (χ0n) is 25.1. The van der Waals surface area contributed by atoms with Crippen LogP contribution in [0.25, 0.3) is 77.0 Å². The van der Waals surface area contributed by atoms with Crippen molar-refractivity contribution in [2.45, 2.75) is 19.3 Å². The SMILES string of the molecule is CC1CC=Cc2c1sc1ccc(-n3c4ccccc4c4cc(-c5cccc(-c6cccc(-c7ccccc7)c6)c5)ccc43)cc21. The first-order valence-corrected chi connectivity index (χ1v) is 16.6. The summed E-state index contributed by atoms with van der Waals surface area (Å²) >= 11 is 1.96. The molecule has 1 aliphatic carbocycles. The van der Waals surface area contributed by atoms with E-state index in [1.54, 1.807) is 0 Å². The number of hydrogen-bond acceptors (Lipinski definition) is 1. The van der Waals surface area contributed by atoms with Gasteiger partial charge in [0.1, 0.15) is 0 Å². The van der Waals surface area contributed by atoms with E-state index in [1.807, 2.05) is 11.3 Å². The zero-order chi connectivity index (χ0) is 29.9. The number of fused-ring (bicyclic) bond motifs is 6. The van der Waals surface area contributed by atoms with E-state index in [2.05, 4.69) is 163 Å². The van der Waals surface area contributed by atoms with Crippen LogP contribution in [0.1, 0.15) is 29.7 Å². The fourth-order valence-corrected chi connectivity index (χ4v) is 8.35. The summed E-state index contributed by atoms with van der Waals surface area (Å²) in [5.41, 5.74) is 12.5. The molecule has 0 amide bonds. The van der Waals surface area contributed by atoms with Crippen molar-refractivity contribution in [3.05, 3.63) is 156 Å². The lowest BCUT2D eigenvalue weighted by Gasteiger charge is -2.13. The molecule has 0 N–H and O–H groups in total. The van der Waals surface area contributed by atoms with Crippen LogP contribution in [-0.4, -0.2) is 4.57 Å². The van der Waals surface area contributed by atoms with Crippen LogP contribution in [0.3, 0.4) is 0 Å². The summed E-state index contributed by atoms with van der Waals surface area (Å²) in [6, 6.07) is 51.2. The van der Waals surface area contributed by atoms with Gasteiger partial charge in [-0.2, -0.15) is 0 Å². The van der Waals surface area contributed by atoms with Crippen molar-refractivity contribution in [2.24, 2.45) is 0 Å². The van der Waals surface area contributed by atoms with Gasteiger partial charge in [-0.05, 0) is 99.8 Å². The molecular formula is C43H31NS. The van der Waals surface area contributed by atoms with Crippen LogP contribution in [0, 0.1) is 0 Å². The monoisotopic (exact) mass is 593 g/mol. The molecule has 0 radical (unpaired) electrons. The maximum Gasteiger partial charge on any atom is 0.0541 e. The summed E-state index contributed by atoms with van der Waals surface area (Å²) in [5, 5.41) is 3.92. The third-order valence-electron chi connectivity index (χ3n) is 9.39. The number of benzene rings is 6. The molecule has 0 saturated heterocycles. The molecule has 45 heavy (non-hydrogen) atoms. The van der Waals surface area contributed by atoms with Gasteiger partial charge in [0.25, 0.3) is 0 Å². The third-order valence-corrected chi connectivity index (χ3v) is 10.8. The van der Waals surface area contributed by atoms with E-state index < -0.39 is 0 Å². The minimum atomic E-state index is 0.587. The van der Waals surface area contributed by atoms with Gasteiger partial charge in [0, 0.05) is 31.4 Å². The van der Waals surface area contributed by atoms with Crippen molar-refractivity contribution >= 4 is 49.3 Å². The molecule has 8 aromatic rings. The van der Waals surface area contributed by atoms with Crippen LogP contribution in [-0.2, 0) is 0 Å². The molecule has 2 heteroatoms. The fourth-order valence-electron chi connectivity index (χ4n) is 7.12. The van der Waals surface area contributed by atoms with Crippen molar-refractivity contribution in [3.63, 3.8) is 0 Å². The van der Waals surface area contributed by atoms with Crippen molar-refractivity contribution in [2.75, 3.05) is 0 Å². The second kappa shape index (κ2) is 10.5. The van der Waals surface area contributed by atoms with Gasteiger partial charge in [-0.15, -0.1) is 11.3 Å². The average molecular weight is 594 g/mol. The lowest BCUT2D eigenvalue weighted by Crippen LogP contribution is -1.95. The highest BCUT2D eigenvalue weighted by Gasteiger charge is 2.20. The Morgan fingerprint density at radius 1 is 0.533 bits per heavy atom. The summed E-state index contributed by atoms with van der Waals surface area (Å²) in [6.07, 6.45) is 5.80. The van der Waals surface area contributed by atoms with Crippen LogP contribution in [0.15, 0.2) is 146 Å². The Morgan fingerprint density at radius 3 is 1.96 bits per heavy atom. The van der Waals surface area contributed by atoms with E-state index in [1.165, 1.54) is 81.4 Å². The first-order valence-electron chi connectivity index (χ1n) is 15.7. The van der Waals surface area contributed by atoms with E-state index in [9.17, 15) is 0 Å². The summed E-state index contributed by atoms with van der Waals surface area (Å²) in [6.45, 7) is 2.35. The second-order valence-corrected chi connectivity index (χ2v) is 13.3. The Labute approximate surface area is 267 Å². The molecule has 2 aromatic heterocycles. The minimum Gasteiger partial charge on any atom is -0.309 e. The minimum absolute atomic E-state index is 0.587. The second-order valence-electron chi connectivity index (χ2n) is 12.2. The average Bonchev–Trinajstić information content (AvgIpc) is 3.65. The van der Waals surface area contributed by atoms with E-state index in [4.69, 9.17) is 0 Å². The Kier molecular flexibility index (Phi) is 6.11. The molecule has 0 saturated carbocycles. The van der Waals surface area contributed by atoms with Crippen LogP contribution in [0.4, 0.5) is 0 Å². The quantitative estimate of drug-likeness (QED) is 0.191. The Morgan fingerprint density at radius 2 is 1.18 bits per heavy atom. The zero-order valence-corrected chi connectivity index (χ0v) is 25.9. The highest BCUT2D eigenvalue weighted by atomic mass is 32.1. The van der Waals surface area contributed by atoms with Crippen molar-refractivity contribution in [1.29, 1.82) is 0 Å². The topological polar surface area (TPSA) is 4.93 Å². The normalized spacial score (nSPS) is 14.4. The fraction of sp³-hybridized carbons (Fsp3) is 0.0698. The van der Waals surface area contributed by atoms with E-state index in [0.29, 0.717) is 5.92 Å².